The Morgan fingerprint density at radius 1 is 0.356 bits per heavy atom. The maximum absolute atomic E-state index is 6.80. The molecular formula is C54H35N3O2. The maximum Gasteiger partial charge on any atom is 0.178 e. The van der Waals surface area contributed by atoms with E-state index in [0.29, 0.717) is 34.7 Å². The zero-order valence-electron chi connectivity index (χ0n) is 32.4. The molecule has 0 unspecified atom stereocenters. The molecule has 2 heterocycles. The number of benzene rings is 9. The molecule has 9 aromatic carbocycles. The summed E-state index contributed by atoms with van der Waals surface area (Å²) >= 11 is 0. The summed E-state index contributed by atoms with van der Waals surface area (Å²) in [7, 11) is 0. The van der Waals surface area contributed by atoms with Crippen LogP contribution in [0, 0.1) is 0 Å². The van der Waals surface area contributed by atoms with E-state index in [2.05, 4.69) is 135 Å². The maximum atomic E-state index is 6.80. The second-order valence-corrected chi connectivity index (χ2v) is 15.9. The molecule has 5 heteroatoms. The molecule has 1 aliphatic heterocycles. The molecule has 278 valence electrons. The third-order valence-corrected chi connectivity index (χ3v) is 12.2. The van der Waals surface area contributed by atoms with Crippen molar-refractivity contribution in [2.75, 3.05) is 0 Å². The van der Waals surface area contributed by atoms with Crippen LogP contribution < -0.4 is 9.47 Å². The summed E-state index contributed by atoms with van der Waals surface area (Å²) in [6, 6.07) is 61.2. The van der Waals surface area contributed by atoms with Gasteiger partial charge in [-0.25, -0.2) is 15.0 Å². The Morgan fingerprint density at radius 2 is 0.881 bits per heavy atom. The van der Waals surface area contributed by atoms with E-state index in [9.17, 15) is 0 Å². The first kappa shape index (κ1) is 33.5. The molecule has 0 spiro atoms. The summed E-state index contributed by atoms with van der Waals surface area (Å²) < 4.78 is 13.6. The Kier molecular flexibility index (Phi) is 7.20. The molecule has 10 aromatic rings. The number of fused-ring (bicyclic) bond motifs is 12. The fraction of sp³-hybridized carbons (Fsp3) is 0.0556. The van der Waals surface area contributed by atoms with Crippen molar-refractivity contribution in [3.05, 3.63) is 187 Å². The van der Waals surface area contributed by atoms with Crippen molar-refractivity contribution in [1.29, 1.82) is 0 Å². The lowest BCUT2D eigenvalue weighted by molar-refractivity contribution is 0.361. The van der Waals surface area contributed by atoms with Crippen LogP contribution in [0.25, 0.3) is 88.7 Å². The van der Waals surface area contributed by atoms with Gasteiger partial charge in [0.05, 0.1) is 0 Å². The van der Waals surface area contributed by atoms with E-state index in [1.54, 1.807) is 0 Å². The number of para-hydroxylation sites is 1. The van der Waals surface area contributed by atoms with Gasteiger partial charge in [0.25, 0.3) is 0 Å². The smallest absolute Gasteiger partial charge is 0.178 e. The van der Waals surface area contributed by atoms with Crippen molar-refractivity contribution in [3.63, 3.8) is 0 Å². The van der Waals surface area contributed by atoms with Crippen molar-refractivity contribution >= 4 is 32.3 Å². The lowest BCUT2D eigenvalue weighted by Crippen LogP contribution is -2.15. The minimum absolute atomic E-state index is 0.139. The minimum Gasteiger partial charge on any atom is -0.449 e. The molecule has 0 amide bonds. The molecule has 59 heavy (non-hydrogen) atoms. The topological polar surface area (TPSA) is 57.1 Å². The SMILES string of the molecule is CC1(C)c2ccccc2-c2c1ccc1c2Oc2cccc(-c3cccc(-c4nc(-c5ccccc5)nc(-c5ccc6c7ccccc7c7ccccc7c6c5)n4)c3)c2O1. The first-order valence-corrected chi connectivity index (χ1v) is 20.0. The van der Waals surface area contributed by atoms with E-state index in [1.807, 2.05) is 54.6 Å². The number of nitrogens with zero attached hydrogens (tertiary/aromatic N) is 3. The normalized spacial score (nSPS) is 13.3. The van der Waals surface area contributed by atoms with Gasteiger partial charge in [-0.05, 0) is 78.8 Å². The van der Waals surface area contributed by atoms with Crippen molar-refractivity contribution in [2.45, 2.75) is 19.3 Å². The summed E-state index contributed by atoms with van der Waals surface area (Å²) in [5.41, 5.74) is 9.29. The van der Waals surface area contributed by atoms with Gasteiger partial charge in [0.1, 0.15) is 0 Å². The molecule has 0 bridgehead atoms. The van der Waals surface area contributed by atoms with Gasteiger partial charge in [0, 0.05) is 33.2 Å². The Balaban J connectivity index is 0.975. The molecule has 0 radical (unpaired) electrons. The number of hydrogen-bond donors (Lipinski definition) is 0. The first-order chi connectivity index (χ1) is 29.0. The lowest BCUT2D eigenvalue weighted by atomic mass is 9.82. The van der Waals surface area contributed by atoms with Crippen LogP contribution in [-0.2, 0) is 5.41 Å². The highest BCUT2D eigenvalue weighted by Crippen LogP contribution is 2.59. The fourth-order valence-electron chi connectivity index (χ4n) is 9.30. The highest BCUT2D eigenvalue weighted by atomic mass is 16.6. The predicted octanol–water partition coefficient (Wildman–Crippen LogP) is 14.2. The van der Waals surface area contributed by atoms with Crippen molar-refractivity contribution in [3.8, 4) is 79.4 Å². The van der Waals surface area contributed by atoms with Crippen LogP contribution >= 0.6 is 0 Å². The lowest BCUT2D eigenvalue weighted by Gasteiger charge is -2.26. The largest absolute Gasteiger partial charge is 0.449 e. The van der Waals surface area contributed by atoms with Crippen molar-refractivity contribution < 1.29 is 9.47 Å². The Bertz CT molecular complexity index is 3340. The Hall–Kier alpha value is -7.63. The molecule has 1 aliphatic carbocycles. The molecule has 0 N–H and O–H groups in total. The molecule has 0 atom stereocenters. The highest BCUT2D eigenvalue weighted by molar-refractivity contribution is 6.25. The van der Waals surface area contributed by atoms with Crippen LogP contribution in [0.3, 0.4) is 0 Å². The molecule has 5 nitrogen and oxygen atoms in total. The summed E-state index contributed by atoms with van der Waals surface area (Å²) in [6.45, 7) is 4.55. The monoisotopic (exact) mass is 757 g/mol. The first-order valence-electron chi connectivity index (χ1n) is 20.0. The molecular weight excluding hydrogens is 723 g/mol. The zero-order chi connectivity index (χ0) is 39.2. The number of ether oxygens (including phenoxy) is 2. The van der Waals surface area contributed by atoms with Gasteiger partial charge in [-0.3, -0.25) is 0 Å². The van der Waals surface area contributed by atoms with Gasteiger partial charge in [0.15, 0.2) is 40.5 Å². The average molecular weight is 758 g/mol. The van der Waals surface area contributed by atoms with E-state index < -0.39 is 0 Å². The van der Waals surface area contributed by atoms with Crippen LogP contribution in [-0.4, -0.2) is 15.0 Å². The van der Waals surface area contributed by atoms with E-state index in [0.717, 1.165) is 44.5 Å². The number of aromatic nitrogens is 3. The van der Waals surface area contributed by atoms with E-state index >= 15 is 0 Å². The molecule has 1 aromatic heterocycles. The van der Waals surface area contributed by atoms with Crippen LogP contribution in [0.15, 0.2) is 176 Å². The predicted molar refractivity (Wildman–Crippen MR) is 238 cm³/mol. The molecule has 2 aliphatic rings. The van der Waals surface area contributed by atoms with Gasteiger partial charge in [-0.15, -0.1) is 0 Å². The summed E-state index contributed by atoms with van der Waals surface area (Å²) in [6.07, 6.45) is 0. The van der Waals surface area contributed by atoms with Gasteiger partial charge >= 0.3 is 0 Å². The van der Waals surface area contributed by atoms with E-state index in [1.165, 1.54) is 43.6 Å². The van der Waals surface area contributed by atoms with Crippen LogP contribution in [0.2, 0.25) is 0 Å². The van der Waals surface area contributed by atoms with Crippen LogP contribution in [0.5, 0.6) is 23.0 Å². The summed E-state index contributed by atoms with van der Waals surface area (Å²) in [4.78, 5) is 15.4. The van der Waals surface area contributed by atoms with E-state index in [4.69, 9.17) is 24.4 Å². The Morgan fingerprint density at radius 3 is 1.63 bits per heavy atom. The summed E-state index contributed by atoms with van der Waals surface area (Å²) in [5.74, 6) is 4.64. The standard InChI is InChI=1S/C54H35N3O2/c1-54(2)44-24-11-10-22-42(44)48-45(54)28-29-47-50(48)59-46-25-13-23-36(49(46)58-47)33-16-12-17-34(30-33)52-55-51(32-14-4-3-5-15-32)56-53(57-52)35-26-27-41-39-20-7-6-18-37(39)38-19-8-9-21-40(38)43(41)31-35/h3-31H,1-2H3. The van der Waals surface area contributed by atoms with Gasteiger partial charge < -0.3 is 9.47 Å². The Labute approximate surface area is 341 Å². The second kappa shape index (κ2) is 12.7. The van der Waals surface area contributed by atoms with Gasteiger partial charge in [-0.2, -0.15) is 0 Å². The van der Waals surface area contributed by atoms with Crippen molar-refractivity contribution in [2.24, 2.45) is 0 Å². The second-order valence-electron chi connectivity index (χ2n) is 15.9. The number of rotatable bonds is 4. The number of hydrogen-bond acceptors (Lipinski definition) is 5. The quantitative estimate of drug-likeness (QED) is 0.167. The van der Waals surface area contributed by atoms with Crippen LogP contribution in [0.1, 0.15) is 25.0 Å². The average Bonchev–Trinajstić information content (AvgIpc) is 3.54. The van der Waals surface area contributed by atoms with E-state index in [-0.39, 0.29) is 5.41 Å². The molecule has 0 saturated carbocycles. The van der Waals surface area contributed by atoms with Crippen molar-refractivity contribution in [1.82, 2.24) is 15.0 Å². The molecule has 0 saturated heterocycles. The zero-order valence-corrected chi connectivity index (χ0v) is 32.4. The molecule has 12 rings (SSSR count). The summed E-state index contributed by atoms with van der Waals surface area (Å²) in [5, 5.41) is 7.27. The fourth-order valence-corrected chi connectivity index (χ4v) is 9.30. The molecule has 0 fully saturated rings. The van der Waals surface area contributed by atoms with Gasteiger partial charge in [0.2, 0.25) is 0 Å². The third-order valence-electron chi connectivity index (χ3n) is 12.2. The van der Waals surface area contributed by atoms with Crippen LogP contribution in [0.4, 0.5) is 0 Å². The third kappa shape index (κ3) is 5.14. The highest BCUT2D eigenvalue weighted by Gasteiger charge is 2.39. The minimum atomic E-state index is -0.139. The van der Waals surface area contributed by atoms with Gasteiger partial charge in [-0.1, -0.05) is 166 Å².